The predicted molar refractivity (Wildman–Crippen MR) is 90.8 cm³/mol. The van der Waals surface area contributed by atoms with E-state index in [0.29, 0.717) is 6.04 Å². The zero-order chi connectivity index (χ0) is 15.7. The Morgan fingerprint density at radius 1 is 1.24 bits per heavy atom. The Hall–Kier alpha value is -1.16. The van der Waals surface area contributed by atoms with Crippen molar-refractivity contribution in [2.45, 2.75) is 72.9 Å². The molecule has 0 saturated carbocycles. The first-order valence-electron chi connectivity index (χ1n) is 8.43. The molecule has 0 bridgehead atoms. The van der Waals surface area contributed by atoms with Gasteiger partial charge in [-0.15, -0.1) is 0 Å². The van der Waals surface area contributed by atoms with Gasteiger partial charge in [0.15, 0.2) is 0 Å². The van der Waals surface area contributed by atoms with E-state index < -0.39 is 0 Å². The largest absolute Gasteiger partial charge is 0.338 e. The first-order valence-corrected chi connectivity index (χ1v) is 8.43. The number of hydrogen-bond donors (Lipinski definition) is 1. The normalized spacial score (nSPS) is 12.4. The Morgan fingerprint density at radius 2 is 2.00 bits per heavy atom. The van der Waals surface area contributed by atoms with Crippen molar-refractivity contribution < 1.29 is 0 Å². The second-order valence-electron chi connectivity index (χ2n) is 5.76. The van der Waals surface area contributed by atoms with Crippen molar-refractivity contribution in [3.8, 4) is 0 Å². The molecule has 0 amide bonds. The minimum absolute atomic E-state index is 0.486. The highest BCUT2D eigenvalue weighted by molar-refractivity contribution is 5.34. The Labute approximate surface area is 130 Å². The minimum Gasteiger partial charge on any atom is -0.338 e. The first kappa shape index (κ1) is 17.9. The van der Waals surface area contributed by atoms with E-state index in [4.69, 9.17) is 4.98 Å². The molecule has 1 rings (SSSR count). The van der Waals surface area contributed by atoms with E-state index in [-0.39, 0.29) is 0 Å². The molecule has 1 N–H and O–H groups in total. The molecule has 1 aromatic rings. The lowest BCUT2D eigenvalue weighted by atomic mass is 10.2. The van der Waals surface area contributed by atoms with Gasteiger partial charge in [-0.1, -0.05) is 27.2 Å². The lowest BCUT2D eigenvalue weighted by Crippen LogP contribution is -2.35. The fraction of sp³-hybridized carbons (Fsp3) is 0.765. The molecule has 0 aliphatic carbocycles. The highest BCUT2D eigenvalue weighted by atomic mass is 15.3. The van der Waals surface area contributed by atoms with Crippen molar-refractivity contribution in [2.24, 2.45) is 0 Å². The topological polar surface area (TPSA) is 41.1 Å². The Bertz CT molecular complexity index is 406. The van der Waals surface area contributed by atoms with Gasteiger partial charge in [-0.2, -0.15) is 0 Å². The van der Waals surface area contributed by atoms with E-state index in [1.807, 2.05) is 6.20 Å². The van der Waals surface area contributed by atoms with Gasteiger partial charge in [0, 0.05) is 36.6 Å². The first-order chi connectivity index (χ1) is 10.1. The summed E-state index contributed by atoms with van der Waals surface area (Å²) in [5, 5.41) is 3.42. The summed E-state index contributed by atoms with van der Waals surface area (Å²) in [6.07, 6.45) is 6.64. The molecule has 0 spiro atoms. The monoisotopic (exact) mass is 292 g/mol. The summed E-state index contributed by atoms with van der Waals surface area (Å²) in [4.78, 5) is 11.7. The summed E-state index contributed by atoms with van der Waals surface area (Å²) >= 11 is 0. The Kier molecular flexibility index (Phi) is 8.28. The maximum absolute atomic E-state index is 4.75. The summed E-state index contributed by atoms with van der Waals surface area (Å²) in [6, 6.07) is 0.486. The number of hydrogen-bond acceptors (Lipinski definition) is 4. The van der Waals surface area contributed by atoms with Crippen LogP contribution >= 0.6 is 0 Å². The molecular weight excluding hydrogens is 260 g/mol. The van der Waals surface area contributed by atoms with Gasteiger partial charge in [0.05, 0.1) is 0 Å². The van der Waals surface area contributed by atoms with Crippen LogP contribution in [0, 0.1) is 6.92 Å². The van der Waals surface area contributed by atoms with Gasteiger partial charge in [-0.25, -0.2) is 9.97 Å². The standard InChI is InChI=1S/C17H32N4/c1-6-9-11-21(14(4)8-3)17-19-13-16(15(5)20-17)12-18-10-7-2/h13-14,18H,6-12H2,1-5H3. The zero-order valence-electron chi connectivity index (χ0n) is 14.4. The highest BCUT2D eigenvalue weighted by Crippen LogP contribution is 2.16. The van der Waals surface area contributed by atoms with Gasteiger partial charge in [-0.3, -0.25) is 0 Å². The average Bonchev–Trinajstić information content (AvgIpc) is 2.49. The van der Waals surface area contributed by atoms with E-state index >= 15 is 0 Å². The molecule has 21 heavy (non-hydrogen) atoms. The van der Waals surface area contributed by atoms with Crippen molar-refractivity contribution in [1.29, 1.82) is 0 Å². The number of aryl methyl sites for hydroxylation is 1. The van der Waals surface area contributed by atoms with Crippen LogP contribution in [0.2, 0.25) is 0 Å². The fourth-order valence-electron chi connectivity index (χ4n) is 2.26. The van der Waals surface area contributed by atoms with Gasteiger partial charge in [0.25, 0.3) is 0 Å². The molecule has 0 aromatic carbocycles. The number of nitrogens with zero attached hydrogens (tertiary/aromatic N) is 3. The zero-order valence-corrected chi connectivity index (χ0v) is 14.4. The third-order valence-electron chi connectivity index (χ3n) is 3.94. The lowest BCUT2D eigenvalue weighted by molar-refractivity contribution is 0.580. The predicted octanol–water partition coefficient (Wildman–Crippen LogP) is 3.69. The number of unbranched alkanes of at least 4 members (excludes halogenated alkanes) is 1. The second kappa shape index (κ2) is 9.72. The maximum Gasteiger partial charge on any atom is 0.225 e. The van der Waals surface area contributed by atoms with Crippen LogP contribution in [0.3, 0.4) is 0 Å². The van der Waals surface area contributed by atoms with Crippen LogP contribution in [-0.4, -0.2) is 29.1 Å². The van der Waals surface area contributed by atoms with E-state index in [2.05, 4.69) is 49.8 Å². The van der Waals surface area contributed by atoms with Crippen LogP contribution < -0.4 is 10.2 Å². The van der Waals surface area contributed by atoms with E-state index in [1.54, 1.807) is 0 Å². The molecule has 1 aromatic heterocycles. The van der Waals surface area contributed by atoms with Gasteiger partial charge >= 0.3 is 0 Å². The number of aromatic nitrogens is 2. The summed E-state index contributed by atoms with van der Waals surface area (Å²) in [5.74, 6) is 0.884. The highest BCUT2D eigenvalue weighted by Gasteiger charge is 2.16. The third kappa shape index (κ3) is 5.62. The van der Waals surface area contributed by atoms with Crippen molar-refractivity contribution in [2.75, 3.05) is 18.0 Å². The summed E-state index contributed by atoms with van der Waals surface area (Å²) in [6.45, 7) is 13.9. The van der Waals surface area contributed by atoms with E-state index in [1.165, 1.54) is 18.4 Å². The molecule has 0 aliphatic rings. The molecule has 4 nitrogen and oxygen atoms in total. The van der Waals surface area contributed by atoms with Crippen molar-refractivity contribution in [3.05, 3.63) is 17.5 Å². The lowest BCUT2D eigenvalue weighted by Gasteiger charge is -2.29. The van der Waals surface area contributed by atoms with Crippen molar-refractivity contribution in [1.82, 2.24) is 15.3 Å². The SMILES string of the molecule is CCCCN(c1ncc(CNCCC)c(C)n1)C(C)CC. The minimum atomic E-state index is 0.486. The van der Waals surface area contributed by atoms with Crippen LogP contribution in [0.4, 0.5) is 5.95 Å². The summed E-state index contributed by atoms with van der Waals surface area (Å²) < 4.78 is 0. The molecule has 1 atom stereocenters. The summed E-state index contributed by atoms with van der Waals surface area (Å²) in [5.41, 5.74) is 2.29. The van der Waals surface area contributed by atoms with E-state index in [9.17, 15) is 0 Å². The Balaban J connectivity index is 2.82. The molecule has 0 radical (unpaired) electrons. The van der Waals surface area contributed by atoms with Crippen LogP contribution in [0.15, 0.2) is 6.20 Å². The van der Waals surface area contributed by atoms with Gasteiger partial charge in [0.2, 0.25) is 5.95 Å². The van der Waals surface area contributed by atoms with Gasteiger partial charge < -0.3 is 10.2 Å². The molecule has 0 aliphatic heterocycles. The molecule has 1 unspecified atom stereocenters. The second-order valence-corrected chi connectivity index (χ2v) is 5.76. The van der Waals surface area contributed by atoms with Crippen LogP contribution in [0.1, 0.15) is 64.6 Å². The van der Waals surface area contributed by atoms with Gasteiger partial charge in [0.1, 0.15) is 0 Å². The van der Waals surface area contributed by atoms with Crippen LogP contribution in [-0.2, 0) is 6.54 Å². The van der Waals surface area contributed by atoms with E-state index in [0.717, 1.165) is 44.1 Å². The summed E-state index contributed by atoms with van der Waals surface area (Å²) in [7, 11) is 0. The number of anilines is 1. The molecule has 120 valence electrons. The van der Waals surface area contributed by atoms with Crippen LogP contribution in [0.25, 0.3) is 0 Å². The molecule has 0 saturated heterocycles. The van der Waals surface area contributed by atoms with Crippen molar-refractivity contribution in [3.63, 3.8) is 0 Å². The molecule has 0 fully saturated rings. The van der Waals surface area contributed by atoms with Gasteiger partial charge in [-0.05, 0) is 39.7 Å². The van der Waals surface area contributed by atoms with Crippen LogP contribution in [0.5, 0.6) is 0 Å². The smallest absolute Gasteiger partial charge is 0.225 e. The number of rotatable bonds is 10. The maximum atomic E-state index is 4.75. The average molecular weight is 292 g/mol. The number of nitrogens with one attached hydrogen (secondary N) is 1. The molecule has 1 heterocycles. The van der Waals surface area contributed by atoms with Crippen molar-refractivity contribution >= 4 is 5.95 Å². The third-order valence-corrected chi connectivity index (χ3v) is 3.94. The molecular formula is C17H32N4. The molecule has 4 heteroatoms. The fourth-order valence-corrected chi connectivity index (χ4v) is 2.26. The Morgan fingerprint density at radius 3 is 2.57 bits per heavy atom. The quantitative estimate of drug-likeness (QED) is 0.668.